The van der Waals surface area contributed by atoms with Crippen molar-refractivity contribution < 1.29 is 14.4 Å². The van der Waals surface area contributed by atoms with Gasteiger partial charge in [-0.05, 0) is 30.8 Å². The molecule has 7 heteroatoms. The molecule has 1 saturated heterocycles. The van der Waals surface area contributed by atoms with Crippen molar-refractivity contribution in [1.29, 1.82) is 0 Å². The third kappa shape index (κ3) is 5.70. The largest absolute Gasteiger partial charge is 0.345 e. The van der Waals surface area contributed by atoms with Crippen LogP contribution in [0.4, 0.5) is 0 Å². The minimum absolute atomic E-state index is 0.00314. The highest BCUT2D eigenvalue weighted by atomic mass is 16.2. The molecule has 1 aromatic carbocycles. The first-order valence-corrected chi connectivity index (χ1v) is 8.61. The third-order valence-corrected chi connectivity index (χ3v) is 4.26. The van der Waals surface area contributed by atoms with Crippen molar-refractivity contribution >= 4 is 23.8 Å². The van der Waals surface area contributed by atoms with Gasteiger partial charge in [-0.15, -0.1) is 0 Å². The summed E-state index contributed by atoms with van der Waals surface area (Å²) in [6.45, 7) is 3.10. The fourth-order valence-corrected chi connectivity index (χ4v) is 2.56. The zero-order chi connectivity index (χ0) is 19.1. The summed E-state index contributed by atoms with van der Waals surface area (Å²) in [6.07, 6.45) is 3.04. The van der Waals surface area contributed by atoms with Crippen molar-refractivity contribution in [3.63, 3.8) is 0 Å². The number of benzene rings is 1. The van der Waals surface area contributed by atoms with Gasteiger partial charge in [0.2, 0.25) is 11.8 Å². The van der Waals surface area contributed by atoms with Crippen LogP contribution in [0.2, 0.25) is 0 Å². The number of piperazine rings is 1. The van der Waals surface area contributed by atoms with Crippen molar-refractivity contribution in [2.45, 2.75) is 0 Å². The smallest absolute Gasteiger partial charge is 0.253 e. The maximum Gasteiger partial charge on any atom is 0.253 e. The first-order valence-electron chi connectivity index (χ1n) is 8.61. The molecule has 26 heavy (non-hydrogen) atoms. The van der Waals surface area contributed by atoms with Crippen LogP contribution in [0.25, 0.3) is 6.08 Å². The minimum Gasteiger partial charge on any atom is -0.345 e. The van der Waals surface area contributed by atoms with Crippen LogP contribution in [0, 0.1) is 0 Å². The Bertz CT molecular complexity index is 675. The second kappa shape index (κ2) is 9.15. The van der Waals surface area contributed by atoms with Crippen LogP contribution in [-0.2, 0) is 9.59 Å². The highest BCUT2D eigenvalue weighted by Gasteiger charge is 2.18. The first-order chi connectivity index (χ1) is 12.4. The van der Waals surface area contributed by atoms with Gasteiger partial charge in [0, 0.05) is 51.9 Å². The molecular formula is C19H26N4O3. The van der Waals surface area contributed by atoms with Crippen molar-refractivity contribution in [2.24, 2.45) is 0 Å². The summed E-state index contributed by atoms with van der Waals surface area (Å²) in [5.74, 6) is -0.451. The van der Waals surface area contributed by atoms with Crippen molar-refractivity contribution in [1.82, 2.24) is 20.0 Å². The van der Waals surface area contributed by atoms with Gasteiger partial charge >= 0.3 is 0 Å². The van der Waals surface area contributed by atoms with Crippen LogP contribution in [-0.4, -0.2) is 86.3 Å². The number of hydrogen-bond donors (Lipinski definition) is 1. The van der Waals surface area contributed by atoms with E-state index in [4.69, 9.17) is 0 Å². The summed E-state index contributed by atoms with van der Waals surface area (Å²) in [7, 11) is 5.42. The Labute approximate surface area is 154 Å². The molecule has 1 fully saturated rings. The Hall–Kier alpha value is -2.67. The molecule has 1 heterocycles. The number of carbonyl (C=O) groups is 3. The summed E-state index contributed by atoms with van der Waals surface area (Å²) in [4.78, 5) is 41.2. The Morgan fingerprint density at radius 2 is 1.69 bits per heavy atom. The lowest BCUT2D eigenvalue weighted by Crippen LogP contribution is -2.49. The molecule has 2 rings (SSSR count). The zero-order valence-corrected chi connectivity index (χ0v) is 15.6. The van der Waals surface area contributed by atoms with Crippen LogP contribution < -0.4 is 5.32 Å². The summed E-state index contributed by atoms with van der Waals surface area (Å²) >= 11 is 0. The second-order valence-electron chi connectivity index (χ2n) is 6.56. The molecule has 0 spiro atoms. The van der Waals surface area contributed by atoms with Gasteiger partial charge in [-0.25, -0.2) is 0 Å². The van der Waals surface area contributed by atoms with E-state index >= 15 is 0 Å². The normalized spacial score (nSPS) is 15.1. The Balaban J connectivity index is 1.80. The highest BCUT2D eigenvalue weighted by molar-refractivity contribution is 5.95. The summed E-state index contributed by atoms with van der Waals surface area (Å²) in [5, 5.41) is 2.61. The van der Waals surface area contributed by atoms with E-state index in [0.717, 1.165) is 18.7 Å². The zero-order valence-electron chi connectivity index (χ0n) is 15.6. The first kappa shape index (κ1) is 19.7. The molecule has 0 saturated carbocycles. The summed E-state index contributed by atoms with van der Waals surface area (Å²) in [5.41, 5.74) is 1.40. The van der Waals surface area contributed by atoms with Gasteiger partial charge in [0.25, 0.3) is 5.91 Å². The van der Waals surface area contributed by atoms with Crippen LogP contribution in [0.3, 0.4) is 0 Å². The molecule has 0 bridgehead atoms. The summed E-state index contributed by atoms with van der Waals surface area (Å²) in [6, 6.07) is 6.99. The average molecular weight is 358 g/mol. The fourth-order valence-electron chi connectivity index (χ4n) is 2.56. The predicted molar refractivity (Wildman–Crippen MR) is 101 cm³/mol. The Kier molecular flexibility index (Phi) is 6.91. The number of amides is 3. The van der Waals surface area contributed by atoms with E-state index in [1.807, 2.05) is 7.05 Å². The minimum atomic E-state index is -0.319. The van der Waals surface area contributed by atoms with Gasteiger partial charge in [-0.3, -0.25) is 14.4 Å². The van der Waals surface area contributed by atoms with E-state index in [1.165, 1.54) is 11.0 Å². The van der Waals surface area contributed by atoms with E-state index in [0.29, 0.717) is 18.7 Å². The topological polar surface area (TPSA) is 73.0 Å². The van der Waals surface area contributed by atoms with Crippen LogP contribution >= 0.6 is 0 Å². The molecule has 0 radical (unpaired) electrons. The Morgan fingerprint density at radius 3 is 2.27 bits per heavy atom. The maximum absolute atomic E-state index is 12.1. The van der Waals surface area contributed by atoms with Gasteiger partial charge in [-0.2, -0.15) is 0 Å². The van der Waals surface area contributed by atoms with E-state index < -0.39 is 0 Å². The Morgan fingerprint density at radius 1 is 1.08 bits per heavy atom. The number of nitrogens with zero attached hydrogens (tertiary/aromatic N) is 3. The van der Waals surface area contributed by atoms with E-state index in [9.17, 15) is 14.4 Å². The fraction of sp³-hybridized carbons (Fsp3) is 0.421. The summed E-state index contributed by atoms with van der Waals surface area (Å²) < 4.78 is 0. The lowest BCUT2D eigenvalue weighted by molar-refractivity contribution is -0.133. The van der Waals surface area contributed by atoms with Crippen molar-refractivity contribution in [2.75, 3.05) is 53.9 Å². The molecule has 1 N–H and O–H groups in total. The number of carbonyl (C=O) groups excluding carboxylic acids is 3. The van der Waals surface area contributed by atoms with Gasteiger partial charge in [-0.1, -0.05) is 12.1 Å². The number of rotatable bonds is 5. The van der Waals surface area contributed by atoms with Crippen LogP contribution in [0.1, 0.15) is 15.9 Å². The second-order valence-corrected chi connectivity index (χ2v) is 6.56. The molecular weight excluding hydrogens is 332 g/mol. The molecule has 0 atom stereocenters. The molecule has 140 valence electrons. The van der Waals surface area contributed by atoms with Crippen molar-refractivity contribution in [3.8, 4) is 0 Å². The lowest BCUT2D eigenvalue weighted by Gasteiger charge is -2.32. The quantitative estimate of drug-likeness (QED) is 0.768. The van der Waals surface area contributed by atoms with E-state index in [1.54, 1.807) is 49.3 Å². The van der Waals surface area contributed by atoms with E-state index in [-0.39, 0.29) is 24.3 Å². The van der Waals surface area contributed by atoms with Gasteiger partial charge in [0.1, 0.15) is 0 Å². The standard InChI is InChI=1S/C19H26N4O3/c1-21(2)19(26)16-7-4-15(5-8-16)6-9-17(24)20-14-18(25)23-12-10-22(3)11-13-23/h4-9H,10-14H2,1-3H3,(H,20,24)/b9-6+. The molecule has 1 aliphatic rings. The van der Waals surface area contributed by atoms with E-state index in [2.05, 4.69) is 10.2 Å². The molecule has 0 aliphatic carbocycles. The number of nitrogens with one attached hydrogen (secondary N) is 1. The molecule has 3 amide bonds. The van der Waals surface area contributed by atoms with Crippen LogP contribution in [0.5, 0.6) is 0 Å². The molecule has 7 nitrogen and oxygen atoms in total. The van der Waals surface area contributed by atoms with Crippen LogP contribution in [0.15, 0.2) is 30.3 Å². The molecule has 1 aromatic rings. The lowest BCUT2D eigenvalue weighted by atomic mass is 10.1. The molecule has 1 aliphatic heterocycles. The maximum atomic E-state index is 12.1. The highest BCUT2D eigenvalue weighted by Crippen LogP contribution is 2.08. The van der Waals surface area contributed by atoms with Gasteiger partial charge in [0.15, 0.2) is 0 Å². The van der Waals surface area contributed by atoms with Gasteiger partial charge in [0.05, 0.1) is 6.54 Å². The molecule has 0 unspecified atom stereocenters. The third-order valence-electron chi connectivity index (χ3n) is 4.26. The monoisotopic (exact) mass is 358 g/mol. The predicted octanol–water partition coefficient (Wildman–Crippen LogP) is 0.292. The number of likely N-dealkylation sites (N-methyl/N-ethyl adjacent to an activating group) is 1. The average Bonchev–Trinajstić information content (AvgIpc) is 2.64. The molecule has 0 aromatic heterocycles. The number of hydrogen-bond acceptors (Lipinski definition) is 4. The SMILES string of the molecule is CN1CCN(C(=O)CNC(=O)/C=C/c2ccc(C(=O)N(C)C)cc2)CC1. The van der Waals surface area contributed by atoms with Gasteiger partial charge < -0.3 is 20.0 Å². The van der Waals surface area contributed by atoms with Crippen molar-refractivity contribution in [3.05, 3.63) is 41.5 Å².